The summed E-state index contributed by atoms with van der Waals surface area (Å²) >= 11 is 5.89. The van der Waals surface area contributed by atoms with Crippen LogP contribution in [0.25, 0.3) is 0 Å². The number of hydrogen-bond acceptors (Lipinski definition) is 4. The average Bonchev–Trinajstić information content (AvgIpc) is 3.35. The fourth-order valence-corrected chi connectivity index (χ4v) is 5.53. The number of hydrogen-bond donors (Lipinski definition) is 1. The van der Waals surface area contributed by atoms with Crippen LogP contribution in [0.4, 0.5) is 0 Å². The summed E-state index contributed by atoms with van der Waals surface area (Å²) in [6.07, 6.45) is 1.87. The van der Waals surface area contributed by atoms with Crippen LogP contribution in [0.2, 0.25) is 0 Å². The molecule has 2 fully saturated rings. The summed E-state index contributed by atoms with van der Waals surface area (Å²) in [6, 6.07) is 19.2. The molecule has 1 aromatic carbocycles. The molecule has 34 heavy (non-hydrogen) atoms. The number of nitrogens with one attached hydrogen (secondary N) is 1. The minimum atomic E-state index is 0.0177. The molecule has 2 saturated heterocycles. The molecule has 1 N–H and O–H groups in total. The van der Waals surface area contributed by atoms with Gasteiger partial charge in [-0.15, -0.1) is 0 Å². The van der Waals surface area contributed by atoms with Crippen molar-refractivity contribution >= 4 is 17.3 Å². The quantitative estimate of drug-likeness (QED) is 0.524. The third kappa shape index (κ3) is 4.73. The number of pyridine rings is 1. The van der Waals surface area contributed by atoms with Crippen molar-refractivity contribution in [1.82, 2.24) is 24.7 Å². The molecule has 5 rings (SSSR count). The van der Waals surface area contributed by atoms with Gasteiger partial charge in [0.1, 0.15) is 0 Å². The molecular formula is C27H33N5OS. The number of rotatable bonds is 7. The third-order valence-electron chi connectivity index (χ3n) is 7.07. The van der Waals surface area contributed by atoms with Gasteiger partial charge >= 0.3 is 0 Å². The Morgan fingerprint density at radius 3 is 2.53 bits per heavy atom. The monoisotopic (exact) mass is 475 g/mol. The normalized spacial score (nSPS) is 21.1. The topological polar surface area (TPSA) is 45.6 Å². The molecule has 0 bridgehead atoms. The zero-order valence-electron chi connectivity index (χ0n) is 20.0. The molecule has 0 aliphatic carbocycles. The summed E-state index contributed by atoms with van der Waals surface area (Å²) in [7, 11) is 0. The van der Waals surface area contributed by atoms with Gasteiger partial charge in [-0.25, -0.2) is 0 Å². The van der Waals surface area contributed by atoms with E-state index in [4.69, 9.17) is 21.9 Å². The molecule has 0 saturated carbocycles. The van der Waals surface area contributed by atoms with E-state index in [0.717, 1.165) is 56.7 Å². The lowest BCUT2D eigenvalue weighted by Gasteiger charge is -2.32. The Bertz CT molecular complexity index is 1110. The van der Waals surface area contributed by atoms with Crippen molar-refractivity contribution in [1.29, 1.82) is 0 Å². The number of nitrogens with zero attached hydrogens (tertiary/aromatic N) is 4. The van der Waals surface area contributed by atoms with Crippen molar-refractivity contribution in [2.24, 2.45) is 0 Å². The van der Waals surface area contributed by atoms with E-state index in [-0.39, 0.29) is 12.1 Å². The zero-order chi connectivity index (χ0) is 23.5. The molecule has 2 aliphatic heterocycles. The molecule has 4 heterocycles. The number of thiocarbonyl (C=S) groups is 1. The maximum atomic E-state index is 5.89. The van der Waals surface area contributed by atoms with E-state index in [0.29, 0.717) is 0 Å². The first-order valence-electron chi connectivity index (χ1n) is 12.1. The highest BCUT2D eigenvalue weighted by Crippen LogP contribution is 2.40. The number of benzene rings is 1. The van der Waals surface area contributed by atoms with Gasteiger partial charge in [0.05, 0.1) is 31.0 Å². The number of ether oxygens (including phenoxy) is 1. The first kappa shape index (κ1) is 23.0. The molecular weight excluding hydrogens is 442 g/mol. The van der Waals surface area contributed by atoms with Crippen molar-refractivity contribution in [3.8, 4) is 0 Å². The molecule has 178 valence electrons. The van der Waals surface area contributed by atoms with Crippen LogP contribution < -0.4 is 5.32 Å². The maximum Gasteiger partial charge on any atom is 0.170 e. The predicted molar refractivity (Wildman–Crippen MR) is 139 cm³/mol. The molecule has 0 spiro atoms. The Balaban J connectivity index is 1.47. The number of morpholine rings is 1. The summed E-state index contributed by atoms with van der Waals surface area (Å²) in [4.78, 5) is 9.54. The van der Waals surface area contributed by atoms with Crippen molar-refractivity contribution in [3.05, 3.63) is 89.0 Å². The van der Waals surface area contributed by atoms with Gasteiger partial charge in [0.25, 0.3) is 0 Å². The SMILES string of the molecule is Cc1cc([C@H]2[C@H](c3ccccn3)NC(=S)N2CCN2CCOCC2)c(C)n1Cc1ccccc1. The van der Waals surface area contributed by atoms with Gasteiger partial charge in [0, 0.05) is 50.3 Å². The lowest BCUT2D eigenvalue weighted by Crippen LogP contribution is -2.42. The molecule has 2 aromatic heterocycles. The van der Waals surface area contributed by atoms with Gasteiger partial charge in [-0.3, -0.25) is 9.88 Å². The summed E-state index contributed by atoms with van der Waals surface area (Å²) in [5, 5.41) is 4.41. The van der Waals surface area contributed by atoms with Gasteiger partial charge in [-0.1, -0.05) is 36.4 Å². The predicted octanol–water partition coefficient (Wildman–Crippen LogP) is 3.85. The van der Waals surface area contributed by atoms with E-state index in [1.165, 1.54) is 22.5 Å². The maximum absolute atomic E-state index is 5.89. The van der Waals surface area contributed by atoms with E-state index in [1.807, 2.05) is 12.3 Å². The Morgan fingerprint density at radius 2 is 1.79 bits per heavy atom. The van der Waals surface area contributed by atoms with E-state index >= 15 is 0 Å². The molecule has 6 nitrogen and oxygen atoms in total. The number of aryl methyl sites for hydroxylation is 1. The summed E-state index contributed by atoms with van der Waals surface area (Å²) < 4.78 is 7.95. The smallest absolute Gasteiger partial charge is 0.170 e. The highest BCUT2D eigenvalue weighted by Gasteiger charge is 2.41. The Labute approximate surface area is 207 Å². The summed E-state index contributed by atoms with van der Waals surface area (Å²) in [6.45, 7) is 10.7. The van der Waals surface area contributed by atoms with Crippen molar-refractivity contribution in [2.45, 2.75) is 32.5 Å². The van der Waals surface area contributed by atoms with E-state index in [9.17, 15) is 0 Å². The Hall–Kier alpha value is -2.74. The highest BCUT2D eigenvalue weighted by molar-refractivity contribution is 7.80. The summed E-state index contributed by atoms with van der Waals surface area (Å²) in [5.74, 6) is 0. The first-order valence-corrected chi connectivity index (χ1v) is 12.5. The second-order valence-electron chi connectivity index (χ2n) is 9.17. The molecule has 0 amide bonds. The Morgan fingerprint density at radius 1 is 1.03 bits per heavy atom. The van der Waals surface area contributed by atoms with Crippen LogP contribution in [0, 0.1) is 13.8 Å². The van der Waals surface area contributed by atoms with Crippen molar-refractivity contribution < 1.29 is 4.74 Å². The third-order valence-corrected chi connectivity index (χ3v) is 7.43. The van der Waals surface area contributed by atoms with Gasteiger partial charge in [-0.05, 0) is 55.4 Å². The van der Waals surface area contributed by atoms with Crippen LogP contribution in [0.3, 0.4) is 0 Å². The van der Waals surface area contributed by atoms with E-state index in [2.05, 4.69) is 82.1 Å². The molecule has 7 heteroatoms. The van der Waals surface area contributed by atoms with Crippen LogP contribution in [-0.2, 0) is 11.3 Å². The zero-order valence-corrected chi connectivity index (χ0v) is 20.8. The van der Waals surface area contributed by atoms with Crippen molar-refractivity contribution in [3.63, 3.8) is 0 Å². The minimum Gasteiger partial charge on any atom is -0.379 e. The molecule has 2 atom stereocenters. The largest absolute Gasteiger partial charge is 0.379 e. The van der Waals surface area contributed by atoms with Crippen LogP contribution in [-0.4, -0.2) is 63.9 Å². The summed E-state index contributed by atoms with van der Waals surface area (Å²) in [5.41, 5.74) is 6.20. The van der Waals surface area contributed by atoms with Crippen LogP contribution in [0.5, 0.6) is 0 Å². The second kappa shape index (κ2) is 10.3. The van der Waals surface area contributed by atoms with Gasteiger partial charge in [-0.2, -0.15) is 0 Å². The van der Waals surface area contributed by atoms with Crippen LogP contribution in [0.15, 0.2) is 60.8 Å². The first-order chi connectivity index (χ1) is 16.6. The molecule has 2 aliphatic rings. The fourth-order valence-electron chi connectivity index (χ4n) is 5.20. The highest BCUT2D eigenvalue weighted by atomic mass is 32.1. The van der Waals surface area contributed by atoms with Crippen molar-refractivity contribution in [2.75, 3.05) is 39.4 Å². The average molecular weight is 476 g/mol. The van der Waals surface area contributed by atoms with Crippen LogP contribution in [0.1, 0.15) is 40.3 Å². The second-order valence-corrected chi connectivity index (χ2v) is 9.56. The molecule has 0 unspecified atom stereocenters. The Kier molecular flexibility index (Phi) is 6.94. The van der Waals surface area contributed by atoms with Gasteiger partial charge in [0.2, 0.25) is 0 Å². The minimum absolute atomic E-state index is 0.0177. The fraction of sp³-hybridized carbons (Fsp3) is 0.407. The van der Waals surface area contributed by atoms with E-state index in [1.54, 1.807) is 0 Å². The number of aromatic nitrogens is 2. The molecule has 0 radical (unpaired) electrons. The standard InChI is InChI=1S/C27H33N5OS/c1-20-18-23(21(2)32(20)19-22-8-4-3-5-9-22)26-25(24-10-6-7-11-28-24)29-27(34)31(26)13-12-30-14-16-33-17-15-30/h3-11,18,25-26H,12-17,19H2,1-2H3,(H,29,34)/t25-,26-/m0/s1. The van der Waals surface area contributed by atoms with Gasteiger partial charge in [0.15, 0.2) is 5.11 Å². The van der Waals surface area contributed by atoms with E-state index < -0.39 is 0 Å². The van der Waals surface area contributed by atoms with Gasteiger partial charge < -0.3 is 19.5 Å². The lowest BCUT2D eigenvalue weighted by atomic mass is 9.96. The van der Waals surface area contributed by atoms with Crippen LogP contribution >= 0.6 is 12.2 Å². The molecule has 3 aromatic rings. The lowest BCUT2D eigenvalue weighted by molar-refractivity contribution is 0.0350.